The molecule has 1 aromatic rings. The molecule has 5 heteroatoms. The Bertz CT molecular complexity index is 308. The molecule has 15 heavy (non-hydrogen) atoms. The lowest BCUT2D eigenvalue weighted by molar-refractivity contribution is 0.389. The quantitative estimate of drug-likeness (QED) is 0.671. The first-order chi connectivity index (χ1) is 7.34. The predicted octanol–water partition coefficient (Wildman–Crippen LogP) is 0.470. The van der Waals surface area contributed by atoms with Gasteiger partial charge in [-0.1, -0.05) is 0 Å². The summed E-state index contributed by atoms with van der Waals surface area (Å²) >= 11 is 0. The van der Waals surface area contributed by atoms with Crippen LogP contribution in [0.25, 0.3) is 0 Å². The van der Waals surface area contributed by atoms with E-state index in [9.17, 15) is 0 Å². The van der Waals surface area contributed by atoms with Crippen molar-refractivity contribution in [2.24, 2.45) is 5.92 Å². The predicted molar refractivity (Wildman–Crippen MR) is 60.5 cm³/mol. The normalized spacial score (nSPS) is 17.6. The van der Waals surface area contributed by atoms with Crippen molar-refractivity contribution in [2.75, 3.05) is 30.7 Å². The van der Waals surface area contributed by atoms with Gasteiger partial charge in [0.2, 0.25) is 0 Å². The lowest BCUT2D eigenvalue weighted by atomic mass is 9.98. The number of hydrogen-bond donors (Lipinski definition) is 3. The molecule has 0 bridgehead atoms. The van der Waals surface area contributed by atoms with Crippen LogP contribution < -0.4 is 16.4 Å². The maximum absolute atomic E-state index is 5.57. The molecule has 1 aromatic heterocycles. The van der Waals surface area contributed by atoms with Crippen LogP contribution in [0, 0.1) is 5.92 Å². The Morgan fingerprint density at radius 2 is 2.20 bits per heavy atom. The smallest absolute Gasteiger partial charge is 0.131 e. The Morgan fingerprint density at radius 1 is 1.40 bits per heavy atom. The van der Waals surface area contributed by atoms with E-state index in [1.54, 1.807) is 6.07 Å². The van der Waals surface area contributed by atoms with Crippen LogP contribution in [0.3, 0.4) is 0 Å². The maximum atomic E-state index is 5.57. The molecule has 5 nitrogen and oxygen atoms in total. The van der Waals surface area contributed by atoms with Gasteiger partial charge in [0.25, 0.3) is 0 Å². The van der Waals surface area contributed by atoms with Crippen molar-refractivity contribution in [3.8, 4) is 0 Å². The molecular weight excluding hydrogens is 190 g/mol. The number of rotatable bonds is 3. The fraction of sp³-hybridized carbons (Fsp3) is 0.600. The molecule has 1 aliphatic rings. The highest BCUT2D eigenvalue weighted by molar-refractivity contribution is 5.43. The van der Waals surface area contributed by atoms with E-state index in [4.69, 9.17) is 5.73 Å². The molecule has 1 fully saturated rings. The first kappa shape index (κ1) is 10.2. The van der Waals surface area contributed by atoms with E-state index in [1.807, 2.05) is 0 Å². The molecule has 0 atom stereocenters. The Hall–Kier alpha value is -1.36. The van der Waals surface area contributed by atoms with Crippen LogP contribution in [0.2, 0.25) is 0 Å². The summed E-state index contributed by atoms with van der Waals surface area (Å²) in [5.74, 6) is 2.07. The number of nitrogens with one attached hydrogen (secondary N) is 2. The van der Waals surface area contributed by atoms with E-state index in [1.165, 1.54) is 19.2 Å². The average Bonchev–Trinajstić information content (AvgIpc) is 2.28. The molecule has 82 valence electrons. The molecule has 0 spiro atoms. The monoisotopic (exact) mass is 207 g/mol. The van der Waals surface area contributed by atoms with Crippen LogP contribution in [-0.4, -0.2) is 29.6 Å². The fourth-order valence-electron chi connectivity index (χ4n) is 1.80. The molecule has 1 aliphatic heterocycles. The van der Waals surface area contributed by atoms with Gasteiger partial charge >= 0.3 is 0 Å². The second kappa shape index (κ2) is 4.93. The summed E-state index contributed by atoms with van der Waals surface area (Å²) in [5.41, 5.74) is 5.57. The standard InChI is InChI=1S/C10H17N5/c11-9-5-10(15-7-14-9)13-6-8-1-3-12-4-2-8/h5,7-8,12H,1-4,6H2,(H3,11,13,14,15). The zero-order valence-electron chi connectivity index (χ0n) is 8.74. The van der Waals surface area contributed by atoms with Gasteiger partial charge in [-0.2, -0.15) is 0 Å². The second-order valence-corrected chi connectivity index (χ2v) is 3.90. The van der Waals surface area contributed by atoms with Crippen LogP contribution in [0.5, 0.6) is 0 Å². The number of anilines is 2. The lowest BCUT2D eigenvalue weighted by Crippen LogP contribution is -2.31. The number of nitrogens with two attached hydrogens (primary N) is 1. The summed E-state index contributed by atoms with van der Waals surface area (Å²) < 4.78 is 0. The summed E-state index contributed by atoms with van der Waals surface area (Å²) in [6, 6.07) is 1.76. The average molecular weight is 207 g/mol. The zero-order valence-corrected chi connectivity index (χ0v) is 8.74. The van der Waals surface area contributed by atoms with Gasteiger partial charge in [-0.25, -0.2) is 9.97 Å². The molecule has 0 aliphatic carbocycles. The molecule has 1 saturated heterocycles. The van der Waals surface area contributed by atoms with Crippen molar-refractivity contribution in [2.45, 2.75) is 12.8 Å². The zero-order chi connectivity index (χ0) is 10.5. The number of nitrogens with zero attached hydrogens (tertiary/aromatic N) is 2. The third kappa shape index (κ3) is 3.06. The van der Waals surface area contributed by atoms with Gasteiger partial charge in [0.15, 0.2) is 0 Å². The van der Waals surface area contributed by atoms with Crippen LogP contribution in [0.4, 0.5) is 11.6 Å². The van der Waals surface area contributed by atoms with E-state index in [0.717, 1.165) is 31.4 Å². The summed E-state index contributed by atoms with van der Waals surface area (Å²) in [6.45, 7) is 3.22. The van der Waals surface area contributed by atoms with Crippen molar-refractivity contribution < 1.29 is 0 Å². The van der Waals surface area contributed by atoms with Crippen LogP contribution in [0.15, 0.2) is 12.4 Å². The summed E-state index contributed by atoms with van der Waals surface area (Å²) in [6.07, 6.45) is 3.95. The Morgan fingerprint density at radius 3 is 2.93 bits per heavy atom. The van der Waals surface area contributed by atoms with Crippen molar-refractivity contribution >= 4 is 11.6 Å². The van der Waals surface area contributed by atoms with Gasteiger partial charge in [-0.3, -0.25) is 0 Å². The van der Waals surface area contributed by atoms with E-state index < -0.39 is 0 Å². The lowest BCUT2D eigenvalue weighted by Gasteiger charge is -2.22. The Balaban J connectivity index is 1.81. The molecule has 0 amide bonds. The molecule has 0 unspecified atom stereocenters. The minimum absolute atomic E-state index is 0.512. The van der Waals surface area contributed by atoms with Crippen LogP contribution in [0.1, 0.15) is 12.8 Å². The van der Waals surface area contributed by atoms with Crippen molar-refractivity contribution in [3.05, 3.63) is 12.4 Å². The van der Waals surface area contributed by atoms with E-state index in [-0.39, 0.29) is 0 Å². The molecule has 0 aromatic carbocycles. The topological polar surface area (TPSA) is 75.9 Å². The molecule has 0 saturated carbocycles. The Labute approximate surface area is 89.5 Å². The number of aromatic nitrogens is 2. The van der Waals surface area contributed by atoms with Crippen molar-refractivity contribution in [1.82, 2.24) is 15.3 Å². The number of piperidine rings is 1. The number of hydrogen-bond acceptors (Lipinski definition) is 5. The minimum Gasteiger partial charge on any atom is -0.384 e. The van der Waals surface area contributed by atoms with Gasteiger partial charge in [-0.15, -0.1) is 0 Å². The SMILES string of the molecule is Nc1cc(NCC2CCNCC2)ncn1. The molecule has 0 radical (unpaired) electrons. The third-order valence-corrected chi connectivity index (χ3v) is 2.72. The fourth-order valence-corrected chi connectivity index (χ4v) is 1.80. The highest BCUT2D eigenvalue weighted by Gasteiger charge is 2.12. The van der Waals surface area contributed by atoms with Gasteiger partial charge in [0.1, 0.15) is 18.0 Å². The largest absolute Gasteiger partial charge is 0.384 e. The highest BCUT2D eigenvalue weighted by Crippen LogP contribution is 2.13. The molecule has 2 rings (SSSR count). The highest BCUT2D eigenvalue weighted by atomic mass is 15.0. The first-order valence-electron chi connectivity index (χ1n) is 5.37. The van der Waals surface area contributed by atoms with Crippen LogP contribution in [-0.2, 0) is 0 Å². The Kier molecular flexibility index (Phi) is 3.34. The van der Waals surface area contributed by atoms with Gasteiger partial charge in [-0.05, 0) is 31.8 Å². The van der Waals surface area contributed by atoms with E-state index >= 15 is 0 Å². The molecular formula is C10H17N5. The van der Waals surface area contributed by atoms with Gasteiger partial charge in [0.05, 0.1) is 0 Å². The van der Waals surface area contributed by atoms with E-state index in [0.29, 0.717) is 5.82 Å². The van der Waals surface area contributed by atoms with Gasteiger partial charge in [0, 0.05) is 12.6 Å². The van der Waals surface area contributed by atoms with Crippen molar-refractivity contribution in [1.29, 1.82) is 0 Å². The molecule has 2 heterocycles. The minimum atomic E-state index is 0.512. The van der Waals surface area contributed by atoms with Gasteiger partial charge < -0.3 is 16.4 Å². The van der Waals surface area contributed by atoms with Crippen molar-refractivity contribution in [3.63, 3.8) is 0 Å². The summed E-state index contributed by atoms with van der Waals surface area (Å²) in [7, 11) is 0. The second-order valence-electron chi connectivity index (χ2n) is 3.90. The van der Waals surface area contributed by atoms with Crippen LogP contribution >= 0.6 is 0 Å². The summed E-state index contributed by atoms with van der Waals surface area (Å²) in [4.78, 5) is 7.96. The third-order valence-electron chi connectivity index (χ3n) is 2.72. The van der Waals surface area contributed by atoms with E-state index in [2.05, 4.69) is 20.6 Å². The maximum Gasteiger partial charge on any atom is 0.131 e. The molecule has 4 N–H and O–H groups in total. The first-order valence-corrected chi connectivity index (χ1v) is 5.37. The number of nitrogen functional groups attached to an aromatic ring is 1. The summed E-state index contributed by atoms with van der Waals surface area (Å²) in [5, 5.41) is 6.64.